The van der Waals surface area contributed by atoms with Crippen LogP contribution in [0.2, 0.25) is 0 Å². The average Bonchev–Trinajstić information content (AvgIpc) is 2.69. The van der Waals surface area contributed by atoms with Gasteiger partial charge in [0.2, 0.25) is 0 Å². The molecule has 1 unspecified atom stereocenters. The molecule has 80 valence electrons. The monoisotopic (exact) mass is 204 g/mol. The minimum absolute atomic E-state index is 0.240. The lowest BCUT2D eigenvalue weighted by atomic mass is 10.0. The summed E-state index contributed by atoms with van der Waals surface area (Å²) in [6.07, 6.45) is 0.941. The van der Waals surface area contributed by atoms with E-state index in [2.05, 4.69) is 36.2 Å². The third kappa shape index (κ3) is 2.36. The number of aliphatic imine (C=N–C) groups is 1. The summed E-state index contributed by atoms with van der Waals surface area (Å²) in [7, 11) is 0. The van der Waals surface area contributed by atoms with Gasteiger partial charge in [0, 0.05) is 0 Å². The number of benzene rings is 1. The molecular weight excluding hydrogens is 188 g/mol. The van der Waals surface area contributed by atoms with Crippen molar-refractivity contribution in [3.63, 3.8) is 0 Å². The molecule has 1 aliphatic heterocycles. The van der Waals surface area contributed by atoms with Gasteiger partial charge in [-0.25, -0.2) is 4.99 Å². The Bertz CT molecular complexity index is 374. The zero-order chi connectivity index (χ0) is 10.7. The molecule has 0 bridgehead atoms. The maximum atomic E-state index is 5.46. The maximum absolute atomic E-state index is 5.46. The Morgan fingerprint density at radius 3 is 2.93 bits per heavy atom. The number of rotatable bonds is 3. The molecule has 0 amide bonds. The number of hydrogen-bond acceptors (Lipinski definition) is 3. The molecule has 1 atom stereocenters. The first kappa shape index (κ1) is 10.2. The fourth-order valence-electron chi connectivity index (χ4n) is 1.78. The van der Waals surface area contributed by atoms with Gasteiger partial charge in [-0.2, -0.15) is 0 Å². The van der Waals surface area contributed by atoms with Crippen molar-refractivity contribution in [1.29, 1.82) is 0 Å². The van der Waals surface area contributed by atoms with Gasteiger partial charge < -0.3 is 10.5 Å². The van der Waals surface area contributed by atoms with Crippen molar-refractivity contribution in [2.24, 2.45) is 10.7 Å². The van der Waals surface area contributed by atoms with Gasteiger partial charge in [0.1, 0.15) is 6.61 Å². The normalized spacial score (nSPS) is 19.9. The van der Waals surface area contributed by atoms with Crippen molar-refractivity contribution in [2.45, 2.75) is 19.4 Å². The third-order valence-corrected chi connectivity index (χ3v) is 2.66. The molecule has 1 heterocycles. The molecular formula is C12H16N2O. The molecule has 1 aliphatic rings. The lowest BCUT2D eigenvalue weighted by Gasteiger charge is -2.07. The number of hydrogen-bond donors (Lipinski definition) is 1. The predicted molar refractivity (Wildman–Crippen MR) is 61.1 cm³/mol. The molecule has 0 fully saturated rings. The van der Waals surface area contributed by atoms with Gasteiger partial charge in [-0.3, -0.25) is 0 Å². The fraction of sp³-hybridized carbons (Fsp3) is 0.417. The van der Waals surface area contributed by atoms with E-state index in [1.165, 1.54) is 11.1 Å². The van der Waals surface area contributed by atoms with E-state index in [1.54, 1.807) is 0 Å². The Morgan fingerprint density at radius 2 is 2.27 bits per heavy atom. The highest BCUT2D eigenvalue weighted by molar-refractivity contribution is 5.79. The van der Waals surface area contributed by atoms with Crippen LogP contribution in [0, 0.1) is 6.92 Å². The van der Waals surface area contributed by atoms with Gasteiger partial charge in [-0.15, -0.1) is 0 Å². The number of nitrogens with two attached hydrogens (primary N) is 1. The number of aryl methyl sites for hydroxylation is 1. The van der Waals surface area contributed by atoms with Crippen molar-refractivity contribution in [3.05, 3.63) is 35.4 Å². The minimum Gasteiger partial charge on any atom is -0.478 e. The molecule has 3 nitrogen and oxygen atoms in total. The highest BCUT2D eigenvalue weighted by Crippen LogP contribution is 2.14. The van der Waals surface area contributed by atoms with Crippen LogP contribution < -0.4 is 5.73 Å². The second-order valence-corrected chi connectivity index (χ2v) is 3.82. The molecule has 0 saturated carbocycles. The fourth-order valence-corrected chi connectivity index (χ4v) is 1.78. The third-order valence-electron chi connectivity index (χ3n) is 2.66. The average molecular weight is 204 g/mol. The summed E-state index contributed by atoms with van der Waals surface area (Å²) in [6.45, 7) is 3.20. The largest absolute Gasteiger partial charge is 0.478 e. The quantitative estimate of drug-likeness (QED) is 0.806. The second-order valence-electron chi connectivity index (χ2n) is 3.82. The van der Waals surface area contributed by atoms with Crippen molar-refractivity contribution in [3.8, 4) is 0 Å². The Labute approximate surface area is 90.0 Å². The predicted octanol–water partition coefficient (Wildman–Crippen LogP) is 1.29. The van der Waals surface area contributed by atoms with E-state index < -0.39 is 0 Å². The van der Waals surface area contributed by atoms with E-state index >= 15 is 0 Å². The SMILES string of the molecule is Cc1ccccc1CC1COC(CN)=N1. The molecule has 0 radical (unpaired) electrons. The van der Waals surface area contributed by atoms with Crippen LogP contribution >= 0.6 is 0 Å². The molecule has 0 spiro atoms. The molecule has 0 aromatic heterocycles. The molecule has 15 heavy (non-hydrogen) atoms. The van der Waals surface area contributed by atoms with Crippen molar-refractivity contribution in [1.82, 2.24) is 0 Å². The Balaban J connectivity index is 2.04. The van der Waals surface area contributed by atoms with Crippen LogP contribution in [0.5, 0.6) is 0 Å². The molecule has 1 aromatic rings. The summed E-state index contributed by atoms with van der Waals surface area (Å²) in [5.41, 5.74) is 8.12. The lowest BCUT2D eigenvalue weighted by Crippen LogP contribution is -2.13. The van der Waals surface area contributed by atoms with Gasteiger partial charge in [0.25, 0.3) is 0 Å². The molecule has 2 rings (SSSR count). The van der Waals surface area contributed by atoms with E-state index in [1.807, 2.05) is 0 Å². The summed E-state index contributed by atoms with van der Waals surface area (Å²) in [5.74, 6) is 0.689. The highest BCUT2D eigenvalue weighted by atomic mass is 16.5. The smallest absolute Gasteiger partial charge is 0.197 e. The maximum Gasteiger partial charge on any atom is 0.197 e. The number of nitrogens with zero attached hydrogens (tertiary/aromatic N) is 1. The molecule has 3 heteroatoms. The summed E-state index contributed by atoms with van der Waals surface area (Å²) in [5, 5.41) is 0. The summed E-state index contributed by atoms with van der Waals surface area (Å²) in [6, 6.07) is 8.62. The van der Waals surface area contributed by atoms with Crippen LogP contribution in [0.3, 0.4) is 0 Å². The summed E-state index contributed by atoms with van der Waals surface area (Å²) >= 11 is 0. The zero-order valence-corrected chi connectivity index (χ0v) is 8.94. The molecule has 0 saturated heterocycles. The van der Waals surface area contributed by atoms with Crippen LogP contribution in [0.1, 0.15) is 11.1 Å². The van der Waals surface area contributed by atoms with Crippen molar-refractivity contribution >= 4 is 5.90 Å². The zero-order valence-electron chi connectivity index (χ0n) is 8.94. The highest BCUT2D eigenvalue weighted by Gasteiger charge is 2.18. The van der Waals surface area contributed by atoms with Gasteiger partial charge in [0.05, 0.1) is 12.6 Å². The van der Waals surface area contributed by atoms with Crippen LogP contribution in [-0.4, -0.2) is 25.1 Å². The van der Waals surface area contributed by atoms with Crippen molar-refractivity contribution in [2.75, 3.05) is 13.2 Å². The topological polar surface area (TPSA) is 47.6 Å². The van der Waals surface area contributed by atoms with E-state index in [0.717, 1.165) is 6.42 Å². The molecule has 2 N–H and O–H groups in total. The standard InChI is InChI=1S/C12H16N2O/c1-9-4-2-3-5-10(9)6-11-8-15-12(7-13)14-11/h2-5,11H,6-8,13H2,1H3. The molecule has 0 aliphatic carbocycles. The van der Waals surface area contributed by atoms with E-state index in [4.69, 9.17) is 10.5 Å². The summed E-state index contributed by atoms with van der Waals surface area (Å²) < 4.78 is 5.35. The minimum atomic E-state index is 0.240. The second kappa shape index (κ2) is 4.45. The van der Waals surface area contributed by atoms with Gasteiger partial charge in [-0.05, 0) is 24.5 Å². The van der Waals surface area contributed by atoms with Crippen LogP contribution in [-0.2, 0) is 11.2 Å². The lowest BCUT2D eigenvalue weighted by molar-refractivity contribution is 0.312. The van der Waals surface area contributed by atoms with Crippen molar-refractivity contribution < 1.29 is 4.74 Å². The number of ether oxygens (including phenoxy) is 1. The first-order valence-electron chi connectivity index (χ1n) is 5.23. The first-order valence-corrected chi connectivity index (χ1v) is 5.23. The van der Waals surface area contributed by atoms with Crippen LogP contribution in [0.15, 0.2) is 29.3 Å². The van der Waals surface area contributed by atoms with E-state index in [0.29, 0.717) is 19.0 Å². The Hall–Kier alpha value is -1.35. The van der Waals surface area contributed by atoms with Crippen LogP contribution in [0.25, 0.3) is 0 Å². The first-order chi connectivity index (χ1) is 7.29. The van der Waals surface area contributed by atoms with Gasteiger partial charge >= 0.3 is 0 Å². The molecule has 1 aromatic carbocycles. The van der Waals surface area contributed by atoms with E-state index in [-0.39, 0.29) is 6.04 Å². The van der Waals surface area contributed by atoms with Gasteiger partial charge in [-0.1, -0.05) is 24.3 Å². The Kier molecular flexibility index (Phi) is 3.02. The van der Waals surface area contributed by atoms with E-state index in [9.17, 15) is 0 Å². The van der Waals surface area contributed by atoms with Gasteiger partial charge in [0.15, 0.2) is 5.90 Å². The van der Waals surface area contributed by atoms with Crippen LogP contribution in [0.4, 0.5) is 0 Å². The Morgan fingerprint density at radius 1 is 1.47 bits per heavy atom. The summed E-state index contributed by atoms with van der Waals surface area (Å²) in [4.78, 5) is 4.41.